The second-order valence-electron chi connectivity index (χ2n) is 8.08. The van der Waals surface area contributed by atoms with Crippen molar-refractivity contribution in [3.8, 4) is 17.1 Å². The zero-order chi connectivity index (χ0) is 22.4. The normalized spacial score (nSPS) is 11.7. The van der Waals surface area contributed by atoms with Gasteiger partial charge in [0.05, 0.1) is 29.2 Å². The van der Waals surface area contributed by atoms with Crippen LogP contribution in [-0.4, -0.2) is 28.1 Å². The van der Waals surface area contributed by atoms with E-state index < -0.39 is 0 Å². The van der Waals surface area contributed by atoms with E-state index in [9.17, 15) is 9.90 Å². The standard InChI is InChI=1S/C23H27N5O2S/c1-5-28-21(17-8-10-18(11-9-17)23(2,3)4)26-27-22(28)31-15-20(30)25-24-14-16-6-12-19(29)13-7-16/h6-14H,5,15H2,1-4H3,(H2,24,25,29,30). The van der Waals surface area contributed by atoms with E-state index in [1.807, 2.05) is 6.92 Å². The van der Waals surface area contributed by atoms with Crippen LogP contribution in [0.4, 0.5) is 0 Å². The number of hydrogen-bond acceptors (Lipinski definition) is 5. The Morgan fingerprint density at radius 3 is 2.48 bits per heavy atom. The summed E-state index contributed by atoms with van der Waals surface area (Å²) in [5.41, 5.74) is 5.66. The molecule has 1 amide bonds. The molecule has 0 aliphatic heterocycles. The van der Waals surface area contributed by atoms with E-state index in [4.69, 9.17) is 0 Å². The summed E-state index contributed by atoms with van der Waals surface area (Å²) >= 11 is 1.34. The van der Waals surface area contributed by atoms with Crippen molar-refractivity contribution in [2.75, 3.05) is 5.75 Å². The number of thioether (sulfide) groups is 1. The highest BCUT2D eigenvalue weighted by Crippen LogP contribution is 2.25. The minimum atomic E-state index is -0.233. The third-order valence-electron chi connectivity index (χ3n) is 4.71. The van der Waals surface area contributed by atoms with Crippen molar-refractivity contribution in [2.45, 2.75) is 44.8 Å². The van der Waals surface area contributed by atoms with Crippen molar-refractivity contribution in [1.82, 2.24) is 15.6 Å². The Labute approximate surface area is 186 Å². The zero-order valence-electron chi connectivity index (χ0n) is 18.2. The van der Waals surface area contributed by atoms with Crippen molar-refractivity contribution in [3.05, 3.63) is 59.7 Å². The lowest BCUT2D eigenvalue weighted by Gasteiger charge is -2.18. The lowest BCUT2D eigenvalue weighted by molar-refractivity contribution is -0.719. The molecular weight excluding hydrogens is 410 g/mol. The van der Waals surface area contributed by atoms with E-state index in [0.717, 1.165) is 28.7 Å². The topological polar surface area (TPSA) is 97.1 Å². The first-order valence-electron chi connectivity index (χ1n) is 10.1. The van der Waals surface area contributed by atoms with Gasteiger partial charge in [-0.15, -0.1) is 10.8 Å². The van der Waals surface area contributed by atoms with Crippen LogP contribution < -0.4 is 15.1 Å². The summed E-state index contributed by atoms with van der Waals surface area (Å²) < 4.78 is 2.05. The summed E-state index contributed by atoms with van der Waals surface area (Å²) in [6.07, 6.45) is 1.50. The van der Waals surface area contributed by atoms with E-state index in [0.29, 0.717) is 0 Å². The van der Waals surface area contributed by atoms with Crippen molar-refractivity contribution in [1.29, 1.82) is 0 Å². The minimum absolute atomic E-state index is 0.0645. The van der Waals surface area contributed by atoms with Crippen LogP contribution in [0.25, 0.3) is 11.4 Å². The molecular formula is C23H27N5O2S. The Balaban J connectivity index is 1.61. The van der Waals surface area contributed by atoms with Gasteiger partial charge in [0.1, 0.15) is 0 Å². The van der Waals surface area contributed by atoms with Crippen LogP contribution in [0.15, 0.2) is 58.8 Å². The van der Waals surface area contributed by atoms with Gasteiger partial charge in [-0.05, 0) is 47.4 Å². The third kappa shape index (κ3) is 5.95. The lowest BCUT2D eigenvalue weighted by atomic mass is 9.87. The van der Waals surface area contributed by atoms with Gasteiger partial charge in [-0.3, -0.25) is 4.79 Å². The summed E-state index contributed by atoms with van der Waals surface area (Å²) in [4.78, 5) is 12.1. The Kier molecular flexibility index (Phi) is 7.12. The molecule has 0 aliphatic rings. The summed E-state index contributed by atoms with van der Waals surface area (Å²) in [6, 6.07) is 14.7. The highest BCUT2D eigenvalue weighted by atomic mass is 32.2. The van der Waals surface area contributed by atoms with Gasteiger partial charge in [0.2, 0.25) is 0 Å². The molecule has 7 nitrogen and oxygen atoms in total. The van der Waals surface area contributed by atoms with Crippen LogP contribution in [0, 0.1) is 0 Å². The molecule has 31 heavy (non-hydrogen) atoms. The van der Waals surface area contributed by atoms with Gasteiger partial charge >= 0.3 is 5.16 Å². The zero-order valence-corrected chi connectivity index (χ0v) is 19.0. The van der Waals surface area contributed by atoms with Gasteiger partial charge in [-0.2, -0.15) is 5.10 Å². The highest BCUT2D eigenvalue weighted by molar-refractivity contribution is 7.99. The number of aromatic amines is 1. The van der Waals surface area contributed by atoms with Gasteiger partial charge < -0.3 is 5.11 Å². The first kappa shape index (κ1) is 22.6. The number of hydrazone groups is 1. The average molecular weight is 438 g/mol. The number of nitrogens with one attached hydrogen (secondary N) is 2. The molecule has 3 aromatic rings. The molecule has 1 aromatic heterocycles. The SMILES string of the molecule is CC[n+]1c(SCC(=O)N/N=C/c2ccc([O-])cc2)n[nH]c1-c1ccc(C(C)(C)C)cc1. The maximum absolute atomic E-state index is 12.1. The number of benzene rings is 2. The van der Waals surface area contributed by atoms with Crippen molar-refractivity contribution >= 4 is 23.9 Å². The molecule has 0 aliphatic carbocycles. The number of amides is 1. The molecule has 0 bridgehead atoms. The maximum Gasteiger partial charge on any atom is 0.337 e. The molecule has 2 aromatic carbocycles. The number of carbonyl (C=O) groups excluding carboxylic acids is 1. The van der Waals surface area contributed by atoms with E-state index in [1.54, 1.807) is 12.1 Å². The second-order valence-corrected chi connectivity index (χ2v) is 9.02. The molecule has 0 atom stereocenters. The summed E-state index contributed by atoms with van der Waals surface area (Å²) in [7, 11) is 0. The largest absolute Gasteiger partial charge is 0.872 e. The van der Waals surface area contributed by atoms with Gasteiger partial charge in [0, 0.05) is 0 Å². The minimum Gasteiger partial charge on any atom is -0.872 e. The molecule has 3 rings (SSSR count). The highest BCUT2D eigenvalue weighted by Gasteiger charge is 2.22. The summed E-state index contributed by atoms with van der Waals surface area (Å²) in [5, 5.41) is 23.3. The van der Waals surface area contributed by atoms with Crippen LogP contribution in [0.1, 0.15) is 38.8 Å². The van der Waals surface area contributed by atoms with Crippen LogP contribution in [0.5, 0.6) is 5.75 Å². The first-order chi connectivity index (χ1) is 14.8. The van der Waals surface area contributed by atoms with E-state index in [1.165, 1.54) is 35.7 Å². The predicted octanol–water partition coefficient (Wildman–Crippen LogP) is 3.00. The monoisotopic (exact) mass is 437 g/mol. The number of rotatable bonds is 7. The Morgan fingerprint density at radius 2 is 1.87 bits per heavy atom. The van der Waals surface area contributed by atoms with E-state index in [2.05, 4.69) is 70.3 Å². The van der Waals surface area contributed by atoms with Gasteiger partial charge in [-0.1, -0.05) is 57.2 Å². The molecule has 0 fully saturated rings. The van der Waals surface area contributed by atoms with Gasteiger partial charge in [-0.25, -0.2) is 9.99 Å². The van der Waals surface area contributed by atoms with Crippen molar-refractivity contribution < 1.29 is 14.5 Å². The second kappa shape index (κ2) is 9.78. The molecule has 1 heterocycles. The van der Waals surface area contributed by atoms with Crippen LogP contribution in [0.3, 0.4) is 0 Å². The lowest BCUT2D eigenvalue weighted by Crippen LogP contribution is -2.36. The molecule has 8 heteroatoms. The molecule has 0 unspecified atom stereocenters. The number of nitrogens with zero attached hydrogens (tertiary/aromatic N) is 3. The fourth-order valence-electron chi connectivity index (χ4n) is 2.96. The Morgan fingerprint density at radius 1 is 1.19 bits per heavy atom. The number of H-pyrrole nitrogens is 1. The molecule has 0 spiro atoms. The van der Waals surface area contributed by atoms with E-state index >= 15 is 0 Å². The fraction of sp³-hybridized carbons (Fsp3) is 0.304. The van der Waals surface area contributed by atoms with Gasteiger partial charge in [0.25, 0.3) is 11.7 Å². The first-order valence-corrected chi connectivity index (χ1v) is 11.1. The van der Waals surface area contributed by atoms with Crippen molar-refractivity contribution in [3.63, 3.8) is 0 Å². The average Bonchev–Trinajstić information content (AvgIpc) is 3.16. The number of aromatic nitrogens is 3. The Hall–Kier alpha value is -3.13. The maximum atomic E-state index is 12.1. The molecule has 0 saturated heterocycles. The third-order valence-corrected chi connectivity index (χ3v) is 5.69. The molecule has 0 radical (unpaired) electrons. The van der Waals surface area contributed by atoms with Crippen molar-refractivity contribution in [2.24, 2.45) is 5.10 Å². The molecule has 162 valence electrons. The fourth-order valence-corrected chi connectivity index (χ4v) is 3.78. The van der Waals surface area contributed by atoms with Gasteiger partial charge in [0.15, 0.2) is 0 Å². The quantitative estimate of drug-likeness (QED) is 0.257. The van der Waals surface area contributed by atoms with E-state index in [-0.39, 0.29) is 22.8 Å². The smallest absolute Gasteiger partial charge is 0.337 e. The molecule has 2 N–H and O–H groups in total. The Bertz CT molecular complexity index is 1050. The molecule has 0 saturated carbocycles. The summed E-state index contributed by atoms with van der Waals surface area (Å²) in [6.45, 7) is 9.35. The number of carbonyl (C=O) groups is 1. The number of hydrogen-bond donors (Lipinski definition) is 2. The van der Waals surface area contributed by atoms with Crippen LogP contribution >= 0.6 is 11.8 Å². The van der Waals surface area contributed by atoms with Crippen LogP contribution in [0.2, 0.25) is 0 Å². The predicted molar refractivity (Wildman–Crippen MR) is 121 cm³/mol. The summed E-state index contributed by atoms with van der Waals surface area (Å²) in [5.74, 6) is 0.795. The van der Waals surface area contributed by atoms with Crippen LogP contribution in [-0.2, 0) is 16.8 Å².